The molecule has 7 rings (SSSR count). The molecule has 57 heavy (non-hydrogen) atoms. The molecule has 4 heterocycles. The summed E-state index contributed by atoms with van der Waals surface area (Å²) >= 11 is 0. The molecular formula is C39H38F3N7O8. The molecule has 18 heteroatoms. The second kappa shape index (κ2) is 16.5. The molecule has 3 aromatic carbocycles. The number of ether oxygens (including phenoxy) is 3. The number of halogens is 3. The number of aromatic nitrogens is 3. The average Bonchev–Trinajstić information content (AvgIpc) is 3.79. The number of rotatable bonds is 16. The molecule has 1 atom stereocenters. The van der Waals surface area contributed by atoms with E-state index in [0.29, 0.717) is 61.1 Å². The SMILES string of the molecule is Cn1cc2c3cc(C(=O)NCCOCCOCCOCCNc4cccc5c4C(=O)N(C4CCC(=O)NC4=O)C5=O)ccc3n(-c3ccc(C(F)(F)F)cc3)c2n1. The quantitative estimate of drug-likeness (QED) is 0.0985. The van der Waals surface area contributed by atoms with Gasteiger partial charge in [-0.25, -0.2) is 0 Å². The summed E-state index contributed by atoms with van der Waals surface area (Å²) in [6.07, 6.45) is -2.53. The molecular weight excluding hydrogens is 751 g/mol. The first kappa shape index (κ1) is 39.1. The Labute approximate surface area is 323 Å². The smallest absolute Gasteiger partial charge is 0.382 e. The molecule has 2 aromatic heterocycles. The van der Waals surface area contributed by atoms with Crippen molar-refractivity contribution in [2.45, 2.75) is 25.1 Å². The minimum atomic E-state index is -4.45. The highest BCUT2D eigenvalue weighted by Gasteiger charge is 2.45. The van der Waals surface area contributed by atoms with Crippen LogP contribution in [0.5, 0.6) is 0 Å². The Morgan fingerprint density at radius 3 is 2.28 bits per heavy atom. The fourth-order valence-corrected chi connectivity index (χ4v) is 6.90. The molecule has 1 fully saturated rings. The number of hydrogen-bond acceptors (Lipinski definition) is 10. The van der Waals surface area contributed by atoms with Gasteiger partial charge in [0.05, 0.1) is 61.8 Å². The van der Waals surface area contributed by atoms with Crippen molar-refractivity contribution in [3.05, 3.63) is 89.1 Å². The van der Waals surface area contributed by atoms with Crippen molar-refractivity contribution in [3.8, 4) is 5.69 Å². The van der Waals surface area contributed by atoms with E-state index in [-0.39, 0.29) is 49.6 Å². The summed E-state index contributed by atoms with van der Waals surface area (Å²) < 4.78 is 59.6. The largest absolute Gasteiger partial charge is 0.416 e. The minimum absolute atomic E-state index is 0.0414. The maximum atomic E-state index is 13.2. The third-order valence-electron chi connectivity index (χ3n) is 9.57. The van der Waals surface area contributed by atoms with E-state index in [1.165, 1.54) is 18.2 Å². The van der Waals surface area contributed by atoms with Gasteiger partial charge < -0.3 is 24.8 Å². The summed E-state index contributed by atoms with van der Waals surface area (Å²) in [6, 6.07) is 13.8. The summed E-state index contributed by atoms with van der Waals surface area (Å²) in [5.41, 5.74) is 2.22. The Morgan fingerprint density at radius 1 is 0.877 bits per heavy atom. The third kappa shape index (κ3) is 8.23. The molecule has 15 nitrogen and oxygen atoms in total. The summed E-state index contributed by atoms with van der Waals surface area (Å²) in [4.78, 5) is 64.0. The van der Waals surface area contributed by atoms with Gasteiger partial charge in [-0.2, -0.15) is 18.3 Å². The minimum Gasteiger partial charge on any atom is -0.382 e. The van der Waals surface area contributed by atoms with E-state index in [9.17, 15) is 37.1 Å². The van der Waals surface area contributed by atoms with Gasteiger partial charge in [-0.15, -0.1) is 0 Å². The number of piperidine rings is 1. The molecule has 5 amide bonds. The maximum Gasteiger partial charge on any atom is 0.416 e. The fourth-order valence-electron chi connectivity index (χ4n) is 6.90. The van der Waals surface area contributed by atoms with Gasteiger partial charge in [-0.3, -0.25) is 43.4 Å². The first-order valence-electron chi connectivity index (χ1n) is 18.2. The van der Waals surface area contributed by atoms with Crippen molar-refractivity contribution in [2.24, 2.45) is 7.05 Å². The maximum absolute atomic E-state index is 13.2. The van der Waals surface area contributed by atoms with E-state index in [1.54, 1.807) is 52.8 Å². The van der Waals surface area contributed by atoms with Gasteiger partial charge in [0, 0.05) is 60.5 Å². The number of hydrogen-bond donors (Lipinski definition) is 3. The zero-order chi connectivity index (χ0) is 40.3. The van der Waals surface area contributed by atoms with Crippen LogP contribution in [0.15, 0.2) is 66.9 Å². The van der Waals surface area contributed by atoms with Crippen molar-refractivity contribution in [2.75, 3.05) is 58.0 Å². The molecule has 0 spiro atoms. The third-order valence-corrected chi connectivity index (χ3v) is 9.57. The van der Waals surface area contributed by atoms with Crippen molar-refractivity contribution in [1.29, 1.82) is 0 Å². The molecule has 0 bridgehead atoms. The highest BCUT2D eigenvalue weighted by molar-refractivity contribution is 6.25. The lowest BCUT2D eigenvalue weighted by atomic mass is 10.0. The van der Waals surface area contributed by atoms with Crippen LogP contribution in [0.4, 0.5) is 18.9 Å². The Morgan fingerprint density at radius 2 is 1.58 bits per heavy atom. The standard InChI is InChI=1S/C39H38F3N7O8/c1-47-22-28-27-21-23(5-10-30(27)48(34(28)46-47)25-8-6-24(7-9-25)39(40,41)42)35(51)44-14-16-56-18-20-57-19-17-55-15-13-43-29-4-2-3-26-33(29)38(54)49(37(26)53)31-11-12-32(50)45-36(31)52/h2-10,21-22,31,43H,11-20H2,1H3,(H,44,51)(H,45,50,52). The highest BCUT2D eigenvalue weighted by Crippen LogP contribution is 2.35. The zero-order valence-electron chi connectivity index (χ0n) is 30.7. The van der Waals surface area contributed by atoms with Gasteiger partial charge in [0.25, 0.3) is 17.7 Å². The zero-order valence-corrected chi connectivity index (χ0v) is 30.7. The lowest BCUT2D eigenvalue weighted by Crippen LogP contribution is -2.54. The van der Waals surface area contributed by atoms with E-state index in [0.717, 1.165) is 27.8 Å². The van der Waals surface area contributed by atoms with Crippen LogP contribution in [0.25, 0.3) is 27.6 Å². The Hall–Kier alpha value is -6.11. The number of benzene rings is 3. The van der Waals surface area contributed by atoms with E-state index in [4.69, 9.17) is 14.2 Å². The van der Waals surface area contributed by atoms with E-state index in [1.807, 2.05) is 0 Å². The Bertz CT molecular complexity index is 2360. The molecule has 298 valence electrons. The number of carbonyl (C=O) groups excluding carboxylic acids is 5. The van der Waals surface area contributed by atoms with Gasteiger partial charge >= 0.3 is 6.18 Å². The normalized spacial score (nSPS) is 15.8. The number of nitrogens with zero attached hydrogens (tertiary/aromatic N) is 4. The van der Waals surface area contributed by atoms with Crippen LogP contribution in [0.1, 0.15) is 49.5 Å². The predicted octanol–water partition coefficient (Wildman–Crippen LogP) is 3.83. The number of nitrogens with one attached hydrogen (secondary N) is 3. The number of aryl methyl sites for hydroxylation is 1. The number of imide groups is 2. The van der Waals surface area contributed by atoms with Crippen LogP contribution in [0, 0.1) is 0 Å². The molecule has 1 saturated heterocycles. The molecule has 3 N–H and O–H groups in total. The van der Waals surface area contributed by atoms with Crippen molar-refractivity contribution in [1.82, 2.24) is 29.9 Å². The lowest BCUT2D eigenvalue weighted by Gasteiger charge is -2.27. The molecule has 2 aliphatic rings. The van der Waals surface area contributed by atoms with Crippen LogP contribution in [0.3, 0.4) is 0 Å². The molecule has 2 aliphatic heterocycles. The monoisotopic (exact) mass is 789 g/mol. The number of fused-ring (bicyclic) bond motifs is 4. The average molecular weight is 790 g/mol. The molecule has 0 aliphatic carbocycles. The Kier molecular flexibility index (Phi) is 11.4. The van der Waals surface area contributed by atoms with Gasteiger partial charge in [0.15, 0.2) is 5.65 Å². The number of alkyl halides is 3. The number of amides is 5. The number of carbonyl (C=O) groups is 5. The molecule has 5 aromatic rings. The number of anilines is 1. The predicted molar refractivity (Wildman–Crippen MR) is 199 cm³/mol. The second-order valence-corrected chi connectivity index (χ2v) is 13.3. The highest BCUT2D eigenvalue weighted by atomic mass is 19.4. The molecule has 1 unspecified atom stereocenters. The van der Waals surface area contributed by atoms with Crippen LogP contribution in [-0.4, -0.2) is 108 Å². The van der Waals surface area contributed by atoms with Crippen molar-refractivity contribution < 1.29 is 51.4 Å². The van der Waals surface area contributed by atoms with Crippen LogP contribution in [-0.2, 0) is 37.0 Å². The van der Waals surface area contributed by atoms with Crippen LogP contribution in [0.2, 0.25) is 0 Å². The summed E-state index contributed by atoms with van der Waals surface area (Å²) in [5, 5.41) is 14.1. The van der Waals surface area contributed by atoms with Crippen LogP contribution < -0.4 is 16.0 Å². The first-order valence-corrected chi connectivity index (χ1v) is 18.2. The van der Waals surface area contributed by atoms with Crippen molar-refractivity contribution >= 4 is 57.2 Å². The van der Waals surface area contributed by atoms with Gasteiger partial charge in [-0.05, 0) is 61.0 Å². The molecule has 0 saturated carbocycles. The van der Waals surface area contributed by atoms with Gasteiger partial charge in [-0.1, -0.05) is 6.07 Å². The fraction of sp³-hybridized carbons (Fsp3) is 0.333. The van der Waals surface area contributed by atoms with Gasteiger partial charge in [0.2, 0.25) is 11.8 Å². The summed E-state index contributed by atoms with van der Waals surface area (Å²) in [7, 11) is 1.75. The van der Waals surface area contributed by atoms with Crippen molar-refractivity contribution in [3.63, 3.8) is 0 Å². The van der Waals surface area contributed by atoms with Crippen LogP contribution >= 0.6 is 0 Å². The summed E-state index contributed by atoms with van der Waals surface area (Å²) in [6.45, 7) is 2.33. The van der Waals surface area contributed by atoms with E-state index < -0.39 is 41.4 Å². The van der Waals surface area contributed by atoms with E-state index in [2.05, 4.69) is 21.0 Å². The Balaban J connectivity index is 0.792. The summed E-state index contributed by atoms with van der Waals surface area (Å²) in [5.74, 6) is -2.58. The second-order valence-electron chi connectivity index (χ2n) is 13.3. The van der Waals surface area contributed by atoms with Gasteiger partial charge in [0.1, 0.15) is 6.04 Å². The van der Waals surface area contributed by atoms with E-state index >= 15 is 0 Å². The molecule has 0 radical (unpaired) electrons. The topological polar surface area (TPSA) is 175 Å². The first-order chi connectivity index (χ1) is 27.4. The lowest BCUT2D eigenvalue weighted by molar-refractivity contribution is -0.138.